The molecule has 0 aromatic heterocycles. The van der Waals surface area contributed by atoms with Gasteiger partial charge in [0.1, 0.15) is 5.60 Å². The van der Waals surface area contributed by atoms with Crippen molar-refractivity contribution in [2.75, 3.05) is 20.2 Å². The number of hydrogen-bond acceptors (Lipinski definition) is 5. The van der Waals surface area contributed by atoms with Gasteiger partial charge in [-0.05, 0) is 34.6 Å². The molecular formula is C14H24N2O4. The Morgan fingerprint density at radius 1 is 1.40 bits per heavy atom. The first-order chi connectivity index (χ1) is 9.21. The van der Waals surface area contributed by atoms with Gasteiger partial charge in [0, 0.05) is 12.7 Å². The summed E-state index contributed by atoms with van der Waals surface area (Å²) in [5.41, 5.74) is 0.616. The number of amides is 1. The van der Waals surface area contributed by atoms with Gasteiger partial charge in [0.2, 0.25) is 0 Å². The van der Waals surface area contributed by atoms with Crippen molar-refractivity contribution in [1.29, 1.82) is 0 Å². The molecule has 0 aliphatic carbocycles. The summed E-state index contributed by atoms with van der Waals surface area (Å²) in [7, 11) is 1.72. The third-order valence-electron chi connectivity index (χ3n) is 2.96. The minimum Gasteiger partial charge on any atom is -0.463 e. The molecule has 0 aromatic carbocycles. The van der Waals surface area contributed by atoms with Crippen molar-refractivity contribution >= 4 is 12.1 Å². The van der Waals surface area contributed by atoms with E-state index >= 15 is 0 Å². The maximum absolute atomic E-state index is 12.2. The van der Waals surface area contributed by atoms with Gasteiger partial charge < -0.3 is 14.8 Å². The van der Waals surface area contributed by atoms with Crippen LogP contribution in [0.1, 0.15) is 34.6 Å². The van der Waals surface area contributed by atoms with Crippen LogP contribution in [0.2, 0.25) is 0 Å². The van der Waals surface area contributed by atoms with E-state index in [0.717, 1.165) is 0 Å². The van der Waals surface area contributed by atoms with E-state index in [4.69, 9.17) is 9.47 Å². The summed E-state index contributed by atoms with van der Waals surface area (Å²) in [5, 5.41) is 2.96. The Hall–Kier alpha value is -1.72. The lowest BCUT2D eigenvalue weighted by atomic mass is 10.1. The third-order valence-corrected chi connectivity index (χ3v) is 2.96. The first kappa shape index (κ1) is 16.3. The predicted octanol–water partition coefficient (Wildman–Crippen LogP) is 1.66. The number of rotatable bonds is 3. The van der Waals surface area contributed by atoms with E-state index in [0.29, 0.717) is 24.4 Å². The third kappa shape index (κ3) is 3.65. The van der Waals surface area contributed by atoms with E-state index in [1.165, 1.54) is 4.90 Å². The van der Waals surface area contributed by atoms with E-state index in [9.17, 15) is 9.59 Å². The highest BCUT2D eigenvalue weighted by Gasteiger charge is 2.38. The zero-order valence-corrected chi connectivity index (χ0v) is 13.1. The fourth-order valence-electron chi connectivity index (χ4n) is 2.06. The van der Waals surface area contributed by atoms with Gasteiger partial charge in [-0.1, -0.05) is 0 Å². The molecule has 0 radical (unpaired) electrons. The predicted molar refractivity (Wildman–Crippen MR) is 75.1 cm³/mol. The smallest absolute Gasteiger partial charge is 0.411 e. The number of likely N-dealkylation sites (N-methyl/N-ethyl adjacent to an activating group) is 1. The SMILES string of the molecule is CCOC(=O)C1=C(NC)CN(C(=O)OC(C)(C)C)C1C. The summed E-state index contributed by atoms with van der Waals surface area (Å²) in [6.07, 6.45) is -0.433. The van der Waals surface area contributed by atoms with Crippen LogP contribution in [0, 0.1) is 0 Å². The van der Waals surface area contributed by atoms with Gasteiger partial charge in [-0.15, -0.1) is 0 Å². The highest BCUT2D eigenvalue weighted by atomic mass is 16.6. The molecular weight excluding hydrogens is 260 g/mol. The zero-order valence-electron chi connectivity index (χ0n) is 13.1. The Bertz CT molecular complexity index is 423. The molecule has 1 N–H and O–H groups in total. The minimum atomic E-state index is -0.566. The molecule has 0 spiro atoms. The van der Waals surface area contributed by atoms with Gasteiger partial charge in [0.25, 0.3) is 0 Å². The van der Waals surface area contributed by atoms with Crippen molar-refractivity contribution in [2.24, 2.45) is 0 Å². The Morgan fingerprint density at radius 3 is 2.45 bits per heavy atom. The monoisotopic (exact) mass is 284 g/mol. The van der Waals surface area contributed by atoms with Crippen molar-refractivity contribution in [3.05, 3.63) is 11.3 Å². The summed E-state index contributed by atoms with van der Waals surface area (Å²) < 4.78 is 10.4. The maximum Gasteiger partial charge on any atom is 0.411 e. The second-order valence-electron chi connectivity index (χ2n) is 5.65. The van der Waals surface area contributed by atoms with Gasteiger partial charge in [-0.3, -0.25) is 4.90 Å². The summed E-state index contributed by atoms with van der Waals surface area (Å²) in [5.74, 6) is -0.393. The first-order valence-electron chi connectivity index (χ1n) is 6.78. The van der Waals surface area contributed by atoms with E-state index in [-0.39, 0.29) is 6.04 Å². The summed E-state index contributed by atoms with van der Waals surface area (Å²) in [6.45, 7) is 9.60. The number of nitrogens with zero attached hydrogens (tertiary/aromatic N) is 1. The van der Waals surface area contributed by atoms with Crippen LogP contribution in [0.5, 0.6) is 0 Å². The van der Waals surface area contributed by atoms with Crippen molar-refractivity contribution in [2.45, 2.75) is 46.3 Å². The van der Waals surface area contributed by atoms with Crippen molar-refractivity contribution in [3.8, 4) is 0 Å². The van der Waals surface area contributed by atoms with Crippen molar-refractivity contribution in [3.63, 3.8) is 0 Å². The second-order valence-corrected chi connectivity index (χ2v) is 5.65. The summed E-state index contributed by atoms with van der Waals surface area (Å²) >= 11 is 0. The van der Waals surface area contributed by atoms with Crippen LogP contribution in [0.3, 0.4) is 0 Å². The molecule has 6 heteroatoms. The van der Waals surface area contributed by atoms with Gasteiger partial charge in [0.15, 0.2) is 0 Å². The lowest BCUT2D eigenvalue weighted by Crippen LogP contribution is -2.41. The highest BCUT2D eigenvalue weighted by molar-refractivity contribution is 5.92. The minimum absolute atomic E-state index is 0.304. The molecule has 1 heterocycles. The van der Waals surface area contributed by atoms with E-state index in [2.05, 4.69) is 5.32 Å². The maximum atomic E-state index is 12.2. The quantitative estimate of drug-likeness (QED) is 0.798. The lowest BCUT2D eigenvalue weighted by Gasteiger charge is -2.27. The standard InChI is InChI=1S/C14H24N2O4/c1-7-19-12(17)11-9(2)16(8-10(11)15-6)13(18)20-14(3,4)5/h9,15H,7-8H2,1-6H3. The number of carbonyl (C=O) groups excluding carboxylic acids is 2. The van der Waals surface area contributed by atoms with Crippen LogP contribution in [-0.2, 0) is 14.3 Å². The lowest BCUT2D eigenvalue weighted by molar-refractivity contribution is -0.139. The molecule has 0 aromatic rings. The Labute approximate surface area is 120 Å². The molecule has 1 atom stereocenters. The van der Waals surface area contributed by atoms with Crippen LogP contribution in [0.15, 0.2) is 11.3 Å². The topological polar surface area (TPSA) is 67.9 Å². The largest absolute Gasteiger partial charge is 0.463 e. The zero-order chi connectivity index (χ0) is 15.5. The molecule has 0 saturated carbocycles. The Kier molecular flexibility index (Phi) is 5.03. The average molecular weight is 284 g/mol. The Balaban J connectivity index is 2.89. The number of ether oxygens (including phenoxy) is 2. The van der Waals surface area contributed by atoms with Gasteiger partial charge in [-0.25, -0.2) is 9.59 Å². The van der Waals surface area contributed by atoms with Gasteiger partial charge in [-0.2, -0.15) is 0 Å². The van der Waals surface area contributed by atoms with Crippen LogP contribution < -0.4 is 5.32 Å². The number of esters is 1. The normalized spacial score (nSPS) is 19.1. The van der Waals surface area contributed by atoms with Crippen molar-refractivity contribution in [1.82, 2.24) is 10.2 Å². The molecule has 1 aliphatic heterocycles. The number of carbonyl (C=O) groups is 2. The van der Waals surface area contributed by atoms with E-state index in [1.807, 2.05) is 20.8 Å². The molecule has 1 aliphatic rings. The molecule has 1 unspecified atom stereocenters. The van der Waals surface area contributed by atoms with Crippen LogP contribution in [-0.4, -0.2) is 48.8 Å². The molecule has 0 saturated heterocycles. The number of nitrogens with one attached hydrogen (secondary N) is 1. The molecule has 0 bridgehead atoms. The average Bonchev–Trinajstić information content (AvgIpc) is 2.64. The first-order valence-corrected chi connectivity index (χ1v) is 6.78. The highest BCUT2D eigenvalue weighted by Crippen LogP contribution is 2.26. The molecule has 114 valence electrons. The Morgan fingerprint density at radius 2 is 2.00 bits per heavy atom. The van der Waals surface area contributed by atoms with Crippen LogP contribution >= 0.6 is 0 Å². The molecule has 0 fully saturated rings. The molecule has 1 amide bonds. The fraction of sp³-hybridized carbons (Fsp3) is 0.714. The van der Waals surface area contributed by atoms with Gasteiger partial charge in [0.05, 0.1) is 24.8 Å². The summed E-state index contributed by atoms with van der Waals surface area (Å²) in [6, 6.07) is -0.369. The molecule has 1 rings (SSSR count). The van der Waals surface area contributed by atoms with Crippen LogP contribution in [0.25, 0.3) is 0 Å². The fourth-order valence-corrected chi connectivity index (χ4v) is 2.06. The van der Waals surface area contributed by atoms with Crippen LogP contribution in [0.4, 0.5) is 4.79 Å². The van der Waals surface area contributed by atoms with Gasteiger partial charge >= 0.3 is 12.1 Å². The van der Waals surface area contributed by atoms with E-state index in [1.54, 1.807) is 20.9 Å². The second kappa shape index (κ2) is 6.15. The summed E-state index contributed by atoms with van der Waals surface area (Å²) in [4.78, 5) is 25.7. The molecule has 20 heavy (non-hydrogen) atoms. The number of hydrogen-bond donors (Lipinski definition) is 1. The molecule has 6 nitrogen and oxygen atoms in total. The van der Waals surface area contributed by atoms with E-state index < -0.39 is 17.7 Å². The van der Waals surface area contributed by atoms with Crippen molar-refractivity contribution < 1.29 is 19.1 Å².